The van der Waals surface area contributed by atoms with Gasteiger partial charge in [0.2, 0.25) is 5.78 Å². The first-order valence-corrected chi connectivity index (χ1v) is 6.46. The molecule has 2 N–H and O–H groups in total. The quantitative estimate of drug-likeness (QED) is 0.565. The molecule has 0 aliphatic heterocycles. The highest BCUT2D eigenvalue weighted by molar-refractivity contribution is 6.10. The third-order valence-corrected chi connectivity index (χ3v) is 3.47. The molecule has 0 bridgehead atoms. The summed E-state index contributed by atoms with van der Waals surface area (Å²) in [5.74, 6) is 0.284. The van der Waals surface area contributed by atoms with Gasteiger partial charge in [-0.15, -0.1) is 0 Å². The first kappa shape index (κ1) is 12.5. The average Bonchev–Trinajstić information content (AvgIpc) is 2.76. The molecule has 3 nitrogen and oxygen atoms in total. The normalized spacial score (nSPS) is 10.9. The predicted octanol–water partition coefficient (Wildman–Crippen LogP) is 3.86. The first-order chi connectivity index (χ1) is 9.56. The van der Waals surface area contributed by atoms with Crippen molar-refractivity contribution in [3.8, 4) is 0 Å². The summed E-state index contributed by atoms with van der Waals surface area (Å²) in [6.45, 7) is 3.93. The number of carbonyl (C=O) groups is 1. The van der Waals surface area contributed by atoms with E-state index in [2.05, 4.69) is 0 Å². The maximum absolute atomic E-state index is 12.5. The topological polar surface area (TPSA) is 56.2 Å². The Labute approximate surface area is 117 Å². The number of ketones is 1. The van der Waals surface area contributed by atoms with Crippen molar-refractivity contribution in [1.29, 1.82) is 0 Å². The molecule has 0 amide bonds. The Morgan fingerprint density at radius 2 is 1.75 bits per heavy atom. The van der Waals surface area contributed by atoms with Crippen molar-refractivity contribution < 1.29 is 9.21 Å². The van der Waals surface area contributed by atoms with Crippen LogP contribution in [0.15, 0.2) is 46.9 Å². The van der Waals surface area contributed by atoms with Gasteiger partial charge in [-0.05, 0) is 50.2 Å². The number of hydrogen-bond acceptors (Lipinski definition) is 3. The molecule has 20 heavy (non-hydrogen) atoms. The van der Waals surface area contributed by atoms with Crippen LogP contribution in [0.3, 0.4) is 0 Å². The van der Waals surface area contributed by atoms with E-state index in [0.29, 0.717) is 17.0 Å². The van der Waals surface area contributed by atoms with Crippen LogP contribution in [-0.4, -0.2) is 5.78 Å². The Morgan fingerprint density at radius 1 is 1.05 bits per heavy atom. The SMILES string of the molecule is Cc1ccc2oc(C(=O)c3ccc(N)cc3)c(C)c2c1. The lowest BCUT2D eigenvalue weighted by molar-refractivity contribution is 0.101. The number of benzene rings is 2. The average molecular weight is 265 g/mol. The number of aryl methyl sites for hydroxylation is 2. The second-order valence-corrected chi connectivity index (χ2v) is 5.01. The first-order valence-electron chi connectivity index (χ1n) is 6.46. The van der Waals surface area contributed by atoms with Gasteiger partial charge in [-0.1, -0.05) is 11.6 Å². The summed E-state index contributed by atoms with van der Waals surface area (Å²) in [5, 5.41) is 0.990. The summed E-state index contributed by atoms with van der Waals surface area (Å²) >= 11 is 0. The third-order valence-electron chi connectivity index (χ3n) is 3.47. The highest BCUT2D eigenvalue weighted by atomic mass is 16.3. The van der Waals surface area contributed by atoms with Gasteiger partial charge in [-0.2, -0.15) is 0 Å². The Hall–Kier alpha value is -2.55. The lowest BCUT2D eigenvalue weighted by Gasteiger charge is -1.99. The largest absolute Gasteiger partial charge is 0.452 e. The minimum Gasteiger partial charge on any atom is -0.452 e. The van der Waals surface area contributed by atoms with Crippen LogP contribution in [0.4, 0.5) is 5.69 Å². The zero-order chi connectivity index (χ0) is 14.3. The third kappa shape index (κ3) is 1.97. The Morgan fingerprint density at radius 3 is 2.45 bits per heavy atom. The van der Waals surface area contributed by atoms with Crippen molar-refractivity contribution in [2.45, 2.75) is 13.8 Å². The fraction of sp³-hybridized carbons (Fsp3) is 0.118. The molecule has 1 aromatic heterocycles. The number of nitrogen functional groups attached to an aromatic ring is 1. The van der Waals surface area contributed by atoms with Gasteiger partial charge in [0.1, 0.15) is 5.58 Å². The molecule has 3 aromatic rings. The van der Waals surface area contributed by atoms with Crippen LogP contribution in [0.5, 0.6) is 0 Å². The van der Waals surface area contributed by atoms with Crippen LogP contribution >= 0.6 is 0 Å². The van der Waals surface area contributed by atoms with Gasteiger partial charge in [0.15, 0.2) is 5.76 Å². The molecule has 0 aliphatic rings. The summed E-state index contributed by atoms with van der Waals surface area (Å²) in [6.07, 6.45) is 0. The number of hydrogen-bond donors (Lipinski definition) is 1. The summed E-state index contributed by atoms with van der Waals surface area (Å²) in [7, 11) is 0. The van der Waals surface area contributed by atoms with E-state index in [0.717, 1.165) is 22.1 Å². The molecular formula is C17H15NO2. The summed E-state index contributed by atoms with van der Waals surface area (Å²) in [5.41, 5.74) is 9.63. The van der Waals surface area contributed by atoms with Gasteiger partial charge in [-0.3, -0.25) is 4.79 Å². The van der Waals surface area contributed by atoms with Gasteiger partial charge in [-0.25, -0.2) is 0 Å². The van der Waals surface area contributed by atoms with Crippen molar-refractivity contribution in [3.63, 3.8) is 0 Å². The molecule has 0 unspecified atom stereocenters. The number of rotatable bonds is 2. The smallest absolute Gasteiger partial charge is 0.228 e. The monoisotopic (exact) mass is 265 g/mol. The van der Waals surface area contributed by atoms with E-state index >= 15 is 0 Å². The van der Waals surface area contributed by atoms with Gasteiger partial charge in [0.05, 0.1) is 0 Å². The van der Waals surface area contributed by atoms with Gasteiger partial charge >= 0.3 is 0 Å². The highest BCUT2D eigenvalue weighted by Gasteiger charge is 2.19. The van der Waals surface area contributed by atoms with Gasteiger partial charge in [0.25, 0.3) is 0 Å². The molecule has 1 heterocycles. The van der Waals surface area contributed by atoms with E-state index in [9.17, 15) is 4.79 Å². The highest BCUT2D eigenvalue weighted by Crippen LogP contribution is 2.28. The van der Waals surface area contributed by atoms with Gasteiger partial charge < -0.3 is 10.2 Å². The Kier molecular flexibility index (Phi) is 2.83. The number of furan rings is 1. The van der Waals surface area contributed by atoms with Crippen LogP contribution in [-0.2, 0) is 0 Å². The number of fused-ring (bicyclic) bond motifs is 1. The molecule has 2 aromatic carbocycles. The Balaban J connectivity index is 2.12. The molecule has 0 saturated carbocycles. The zero-order valence-corrected chi connectivity index (χ0v) is 11.4. The van der Waals surface area contributed by atoms with E-state index in [1.807, 2.05) is 32.0 Å². The molecule has 3 heteroatoms. The molecule has 0 aliphatic carbocycles. The van der Waals surface area contributed by atoms with E-state index in [4.69, 9.17) is 10.2 Å². The van der Waals surface area contributed by atoms with Crippen LogP contribution in [0.25, 0.3) is 11.0 Å². The van der Waals surface area contributed by atoms with E-state index in [1.165, 1.54) is 0 Å². The van der Waals surface area contributed by atoms with Crippen molar-refractivity contribution in [2.75, 3.05) is 5.73 Å². The summed E-state index contributed by atoms with van der Waals surface area (Å²) < 4.78 is 5.72. The molecule has 0 atom stereocenters. The van der Waals surface area contributed by atoms with Crippen LogP contribution in [0.2, 0.25) is 0 Å². The second kappa shape index (κ2) is 4.53. The minimum atomic E-state index is -0.114. The molecule has 100 valence electrons. The van der Waals surface area contributed by atoms with E-state index in [1.54, 1.807) is 24.3 Å². The van der Waals surface area contributed by atoms with Crippen molar-refractivity contribution in [3.05, 3.63) is 64.9 Å². The van der Waals surface area contributed by atoms with E-state index in [-0.39, 0.29) is 5.78 Å². The van der Waals surface area contributed by atoms with Crippen LogP contribution in [0.1, 0.15) is 27.2 Å². The number of nitrogens with two attached hydrogens (primary N) is 1. The molecule has 0 spiro atoms. The molecule has 3 rings (SSSR count). The zero-order valence-electron chi connectivity index (χ0n) is 11.4. The molecule has 0 saturated heterocycles. The van der Waals surface area contributed by atoms with Crippen molar-refractivity contribution in [2.24, 2.45) is 0 Å². The molecular weight excluding hydrogens is 250 g/mol. The Bertz CT molecular complexity index is 798. The second-order valence-electron chi connectivity index (χ2n) is 5.01. The predicted molar refractivity (Wildman–Crippen MR) is 80.0 cm³/mol. The standard InChI is InChI=1S/C17H15NO2/c1-10-3-8-15-14(9-10)11(2)17(20-15)16(19)12-4-6-13(18)7-5-12/h3-9H,18H2,1-2H3. The summed E-state index contributed by atoms with van der Waals surface area (Å²) in [4.78, 5) is 12.5. The summed E-state index contributed by atoms with van der Waals surface area (Å²) in [6, 6.07) is 12.8. The van der Waals surface area contributed by atoms with Crippen LogP contribution < -0.4 is 5.73 Å². The fourth-order valence-electron chi connectivity index (χ4n) is 2.32. The van der Waals surface area contributed by atoms with Crippen LogP contribution in [0, 0.1) is 13.8 Å². The minimum absolute atomic E-state index is 0.114. The molecule has 0 radical (unpaired) electrons. The maximum Gasteiger partial charge on any atom is 0.228 e. The molecule has 0 fully saturated rings. The number of anilines is 1. The van der Waals surface area contributed by atoms with Gasteiger partial charge in [0, 0.05) is 22.2 Å². The van der Waals surface area contributed by atoms with Crippen molar-refractivity contribution >= 4 is 22.4 Å². The lowest BCUT2D eigenvalue weighted by atomic mass is 10.0. The lowest BCUT2D eigenvalue weighted by Crippen LogP contribution is -2.01. The van der Waals surface area contributed by atoms with E-state index < -0.39 is 0 Å². The van der Waals surface area contributed by atoms with Crippen molar-refractivity contribution in [1.82, 2.24) is 0 Å². The fourth-order valence-corrected chi connectivity index (χ4v) is 2.32. The maximum atomic E-state index is 12.5. The number of carbonyl (C=O) groups excluding carboxylic acids is 1.